The molecule has 0 radical (unpaired) electrons. The summed E-state index contributed by atoms with van der Waals surface area (Å²) in [5.74, 6) is 1.60. The molecule has 3 unspecified atom stereocenters. The molecular weight excluding hydrogens is 204 g/mol. The second-order valence-corrected chi connectivity index (χ2v) is 5.14. The van der Waals surface area contributed by atoms with Crippen LogP contribution in [-0.4, -0.2) is 16.3 Å². The highest BCUT2D eigenvalue weighted by atomic mass is 32.1. The Morgan fingerprint density at radius 1 is 1.17 bits per heavy atom. The quantitative estimate of drug-likeness (QED) is 0.566. The Kier molecular flexibility index (Phi) is 8.11. The first kappa shape index (κ1) is 13.1. The van der Waals surface area contributed by atoms with Crippen LogP contribution in [0, 0.1) is 5.92 Å². The lowest BCUT2D eigenvalue weighted by molar-refractivity contribution is 0.554. The minimum Gasteiger partial charge on any atom is -0.179 e. The average Bonchev–Trinajstić information content (AvgIpc) is 2.04. The van der Waals surface area contributed by atoms with Crippen LogP contribution in [0.2, 0.25) is 0 Å². The van der Waals surface area contributed by atoms with Crippen LogP contribution in [0.3, 0.4) is 0 Å². The third-order valence-corrected chi connectivity index (χ3v) is 4.03. The van der Waals surface area contributed by atoms with Crippen LogP contribution >= 0.6 is 37.9 Å². The van der Waals surface area contributed by atoms with E-state index in [0.29, 0.717) is 16.4 Å². The van der Waals surface area contributed by atoms with Gasteiger partial charge in [-0.15, -0.1) is 0 Å². The molecule has 0 aromatic heterocycles. The van der Waals surface area contributed by atoms with Crippen molar-refractivity contribution in [1.29, 1.82) is 0 Å². The lowest BCUT2D eigenvalue weighted by Gasteiger charge is -2.20. The molecule has 0 amide bonds. The van der Waals surface area contributed by atoms with Crippen LogP contribution in [0.1, 0.15) is 33.1 Å². The Morgan fingerprint density at radius 2 is 1.75 bits per heavy atom. The van der Waals surface area contributed by atoms with E-state index >= 15 is 0 Å². The van der Waals surface area contributed by atoms with Gasteiger partial charge in [0.25, 0.3) is 0 Å². The average molecular weight is 224 g/mol. The number of rotatable bonds is 6. The van der Waals surface area contributed by atoms with Crippen LogP contribution in [0.15, 0.2) is 0 Å². The maximum absolute atomic E-state index is 4.54. The van der Waals surface area contributed by atoms with E-state index in [9.17, 15) is 0 Å². The molecular formula is C9H20S3. The van der Waals surface area contributed by atoms with E-state index in [1.54, 1.807) is 0 Å². The van der Waals surface area contributed by atoms with Gasteiger partial charge in [-0.1, -0.05) is 20.3 Å². The Hall–Kier alpha value is 1.05. The standard InChI is InChI=1S/C9H20S3/c1-3-4-8(11)9(12)5-7(2)6-10/h7-12H,3-6H2,1-2H3. The largest absolute Gasteiger partial charge is 0.179 e. The van der Waals surface area contributed by atoms with Gasteiger partial charge >= 0.3 is 0 Å². The molecule has 74 valence electrons. The van der Waals surface area contributed by atoms with Crippen LogP contribution in [0.4, 0.5) is 0 Å². The van der Waals surface area contributed by atoms with Crippen molar-refractivity contribution < 1.29 is 0 Å². The summed E-state index contributed by atoms with van der Waals surface area (Å²) in [7, 11) is 0. The Labute approximate surface area is 93.1 Å². The first-order valence-electron chi connectivity index (χ1n) is 4.58. The first-order chi connectivity index (χ1) is 5.61. The fraction of sp³-hybridized carbons (Fsp3) is 1.00. The van der Waals surface area contributed by atoms with Crippen molar-refractivity contribution in [3.63, 3.8) is 0 Å². The van der Waals surface area contributed by atoms with Crippen molar-refractivity contribution in [3.05, 3.63) is 0 Å². The lowest BCUT2D eigenvalue weighted by atomic mass is 10.0. The molecule has 0 fully saturated rings. The van der Waals surface area contributed by atoms with Gasteiger partial charge in [0.1, 0.15) is 0 Å². The topological polar surface area (TPSA) is 0 Å². The summed E-state index contributed by atoms with van der Waals surface area (Å²) in [6.45, 7) is 4.40. The molecule has 0 nitrogen and oxygen atoms in total. The van der Waals surface area contributed by atoms with Crippen molar-refractivity contribution in [2.45, 2.75) is 43.6 Å². The highest BCUT2D eigenvalue weighted by Gasteiger charge is 2.15. The molecule has 0 bridgehead atoms. The third kappa shape index (κ3) is 5.65. The smallest absolute Gasteiger partial charge is 0.0136 e. The zero-order valence-electron chi connectivity index (χ0n) is 7.90. The highest BCUT2D eigenvalue weighted by molar-refractivity contribution is 7.85. The molecule has 0 N–H and O–H groups in total. The molecule has 0 spiro atoms. The first-order valence-corrected chi connectivity index (χ1v) is 6.25. The van der Waals surface area contributed by atoms with Crippen LogP contribution in [-0.2, 0) is 0 Å². The Bertz CT molecular complexity index is 106. The van der Waals surface area contributed by atoms with Crippen molar-refractivity contribution in [1.82, 2.24) is 0 Å². The van der Waals surface area contributed by atoms with E-state index in [2.05, 4.69) is 51.7 Å². The Balaban J connectivity index is 3.62. The van der Waals surface area contributed by atoms with Gasteiger partial charge in [0.15, 0.2) is 0 Å². The fourth-order valence-electron chi connectivity index (χ4n) is 1.13. The second kappa shape index (κ2) is 7.45. The summed E-state index contributed by atoms with van der Waals surface area (Å²) in [5, 5.41) is 0.871. The third-order valence-electron chi connectivity index (χ3n) is 1.98. The molecule has 3 heteroatoms. The van der Waals surface area contributed by atoms with E-state index in [-0.39, 0.29) is 0 Å². The lowest BCUT2D eigenvalue weighted by Crippen LogP contribution is -2.18. The van der Waals surface area contributed by atoms with Gasteiger partial charge in [0.05, 0.1) is 0 Å². The summed E-state index contributed by atoms with van der Waals surface area (Å²) in [5.41, 5.74) is 0. The van der Waals surface area contributed by atoms with Gasteiger partial charge < -0.3 is 0 Å². The van der Waals surface area contributed by atoms with E-state index in [1.807, 2.05) is 0 Å². The van der Waals surface area contributed by atoms with Gasteiger partial charge in [-0.05, 0) is 24.5 Å². The van der Waals surface area contributed by atoms with Crippen molar-refractivity contribution in [2.75, 3.05) is 5.75 Å². The SMILES string of the molecule is CCCC(S)C(S)CC(C)CS. The second-order valence-electron chi connectivity index (χ2n) is 3.45. The zero-order chi connectivity index (χ0) is 9.56. The van der Waals surface area contributed by atoms with Crippen molar-refractivity contribution in [3.8, 4) is 0 Å². The van der Waals surface area contributed by atoms with E-state index in [0.717, 1.165) is 18.6 Å². The van der Waals surface area contributed by atoms with Gasteiger partial charge in [-0.2, -0.15) is 37.9 Å². The minimum atomic E-state index is 0.426. The van der Waals surface area contributed by atoms with Crippen LogP contribution in [0.5, 0.6) is 0 Å². The monoisotopic (exact) mass is 224 g/mol. The summed E-state index contributed by atoms with van der Waals surface area (Å²) in [6, 6.07) is 0. The molecule has 0 aromatic carbocycles. The molecule has 0 aromatic rings. The fourth-order valence-corrected chi connectivity index (χ4v) is 2.17. The number of hydrogen-bond donors (Lipinski definition) is 3. The Morgan fingerprint density at radius 3 is 2.17 bits per heavy atom. The summed E-state index contributed by atoms with van der Waals surface area (Å²) < 4.78 is 0. The molecule has 0 aliphatic heterocycles. The highest BCUT2D eigenvalue weighted by Crippen LogP contribution is 2.21. The zero-order valence-corrected chi connectivity index (χ0v) is 10.6. The molecule has 0 aliphatic carbocycles. The van der Waals surface area contributed by atoms with E-state index < -0.39 is 0 Å². The molecule has 3 atom stereocenters. The van der Waals surface area contributed by atoms with E-state index in [1.165, 1.54) is 6.42 Å². The number of hydrogen-bond acceptors (Lipinski definition) is 3. The molecule has 0 rings (SSSR count). The summed E-state index contributed by atoms with van der Waals surface area (Å²) in [4.78, 5) is 0. The minimum absolute atomic E-state index is 0.426. The molecule has 0 aliphatic rings. The summed E-state index contributed by atoms with van der Waals surface area (Å²) in [6.07, 6.45) is 3.48. The van der Waals surface area contributed by atoms with Gasteiger partial charge in [-0.3, -0.25) is 0 Å². The number of thiol groups is 3. The normalized spacial score (nSPS) is 18.8. The molecule has 0 saturated heterocycles. The van der Waals surface area contributed by atoms with Crippen molar-refractivity contribution in [2.24, 2.45) is 5.92 Å². The molecule has 0 heterocycles. The van der Waals surface area contributed by atoms with Crippen molar-refractivity contribution >= 4 is 37.9 Å². The maximum Gasteiger partial charge on any atom is 0.0136 e. The van der Waals surface area contributed by atoms with Gasteiger partial charge in [0.2, 0.25) is 0 Å². The predicted octanol–water partition coefficient (Wildman–Crippen LogP) is 3.34. The van der Waals surface area contributed by atoms with Crippen LogP contribution in [0.25, 0.3) is 0 Å². The van der Waals surface area contributed by atoms with Gasteiger partial charge in [-0.25, -0.2) is 0 Å². The summed E-state index contributed by atoms with van der Waals surface area (Å²) >= 11 is 13.3. The molecule has 0 saturated carbocycles. The maximum atomic E-state index is 4.54. The van der Waals surface area contributed by atoms with Crippen LogP contribution < -0.4 is 0 Å². The van der Waals surface area contributed by atoms with E-state index in [4.69, 9.17) is 0 Å². The van der Waals surface area contributed by atoms with Gasteiger partial charge in [0, 0.05) is 10.5 Å². The molecule has 12 heavy (non-hydrogen) atoms. The predicted molar refractivity (Wildman–Crippen MR) is 68.1 cm³/mol.